The lowest BCUT2D eigenvalue weighted by atomic mass is 10.1. The van der Waals surface area contributed by atoms with Gasteiger partial charge in [-0.3, -0.25) is 9.79 Å². The second kappa shape index (κ2) is 7.36. The van der Waals surface area contributed by atoms with Crippen LogP contribution < -0.4 is 10.6 Å². The van der Waals surface area contributed by atoms with E-state index < -0.39 is 9.84 Å². The molecule has 0 aliphatic carbocycles. The number of hydrogen-bond acceptors (Lipinski definition) is 6. The Labute approximate surface area is 162 Å². The SMILES string of the molecule is O=C(Cc1ccc(NC2=NC3CS(=O)(=O)CC3S2)cc1)Nc1ccccc1. The Balaban J connectivity index is 1.32. The first-order chi connectivity index (χ1) is 13.0. The van der Waals surface area contributed by atoms with Crippen LogP contribution in [-0.2, 0) is 21.1 Å². The minimum Gasteiger partial charge on any atom is -0.335 e. The van der Waals surface area contributed by atoms with Crippen molar-refractivity contribution in [2.45, 2.75) is 17.7 Å². The number of thioether (sulfide) groups is 1. The Bertz CT molecular complexity index is 973. The first-order valence-electron chi connectivity index (χ1n) is 8.63. The predicted octanol–water partition coefficient (Wildman–Crippen LogP) is 2.55. The molecule has 0 spiro atoms. The van der Waals surface area contributed by atoms with Gasteiger partial charge in [-0.25, -0.2) is 8.42 Å². The van der Waals surface area contributed by atoms with Crippen molar-refractivity contribution in [2.75, 3.05) is 22.1 Å². The van der Waals surface area contributed by atoms with Crippen LogP contribution >= 0.6 is 11.8 Å². The number of fused-ring (bicyclic) bond motifs is 1. The summed E-state index contributed by atoms with van der Waals surface area (Å²) in [5.74, 6) is 0.282. The Morgan fingerprint density at radius 3 is 2.48 bits per heavy atom. The lowest BCUT2D eigenvalue weighted by Crippen LogP contribution is -2.14. The van der Waals surface area contributed by atoms with Crippen LogP contribution in [0.1, 0.15) is 5.56 Å². The summed E-state index contributed by atoms with van der Waals surface area (Å²) in [6, 6.07) is 16.8. The smallest absolute Gasteiger partial charge is 0.228 e. The van der Waals surface area contributed by atoms with E-state index in [0.29, 0.717) is 6.42 Å². The second-order valence-corrected chi connectivity index (χ2v) is 10.0. The van der Waals surface area contributed by atoms with Crippen molar-refractivity contribution >= 4 is 44.0 Å². The summed E-state index contributed by atoms with van der Waals surface area (Å²) in [4.78, 5) is 16.6. The average molecular weight is 402 g/mol. The van der Waals surface area contributed by atoms with E-state index in [1.54, 1.807) is 0 Å². The Morgan fingerprint density at radius 1 is 1.04 bits per heavy atom. The standard InChI is InChI=1S/C19H19N3O3S2/c23-18(20-14-4-2-1-3-5-14)10-13-6-8-15(9-7-13)21-19-22-16-11-27(24,25)12-17(16)26-19/h1-9,16-17H,10-12H2,(H,20,23)(H,21,22). The number of anilines is 2. The van der Waals surface area contributed by atoms with Crippen LogP contribution in [0.4, 0.5) is 11.4 Å². The fraction of sp³-hybridized carbons (Fsp3) is 0.263. The zero-order chi connectivity index (χ0) is 18.9. The van der Waals surface area contributed by atoms with Crippen LogP contribution in [0.5, 0.6) is 0 Å². The summed E-state index contributed by atoms with van der Waals surface area (Å²) in [5, 5.41) is 6.89. The van der Waals surface area contributed by atoms with Gasteiger partial charge >= 0.3 is 0 Å². The van der Waals surface area contributed by atoms with E-state index in [-0.39, 0.29) is 28.7 Å². The van der Waals surface area contributed by atoms with Crippen LogP contribution in [0.2, 0.25) is 0 Å². The lowest BCUT2D eigenvalue weighted by Gasteiger charge is -2.08. The fourth-order valence-electron chi connectivity index (χ4n) is 3.16. The van der Waals surface area contributed by atoms with Crippen LogP contribution in [0.3, 0.4) is 0 Å². The van der Waals surface area contributed by atoms with E-state index in [1.165, 1.54) is 11.8 Å². The van der Waals surface area contributed by atoms with Crippen LogP contribution in [0.15, 0.2) is 59.6 Å². The number of sulfone groups is 1. The van der Waals surface area contributed by atoms with Crippen molar-refractivity contribution in [3.8, 4) is 0 Å². The second-order valence-electron chi connectivity index (χ2n) is 6.65. The molecule has 4 rings (SSSR count). The molecule has 2 aliphatic heterocycles. The maximum absolute atomic E-state index is 12.1. The summed E-state index contributed by atoms with van der Waals surface area (Å²) >= 11 is 1.49. The highest BCUT2D eigenvalue weighted by molar-refractivity contribution is 8.15. The molecule has 0 radical (unpaired) electrons. The van der Waals surface area contributed by atoms with Crippen molar-refractivity contribution in [1.82, 2.24) is 0 Å². The third-order valence-corrected chi connectivity index (χ3v) is 7.59. The van der Waals surface area contributed by atoms with E-state index in [9.17, 15) is 13.2 Å². The molecule has 2 aromatic carbocycles. The molecule has 27 heavy (non-hydrogen) atoms. The maximum atomic E-state index is 12.1. The van der Waals surface area contributed by atoms with E-state index in [1.807, 2.05) is 54.6 Å². The molecule has 1 amide bonds. The van der Waals surface area contributed by atoms with Crippen molar-refractivity contribution in [3.63, 3.8) is 0 Å². The maximum Gasteiger partial charge on any atom is 0.228 e. The summed E-state index contributed by atoms with van der Waals surface area (Å²) in [6.45, 7) is 0. The van der Waals surface area contributed by atoms with Gasteiger partial charge in [-0.15, -0.1) is 0 Å². The number of carbonyl (C=O) groups excluding carboxylic acids is 1. The van der Waals surface area contributed by atoms with Gasteiger partial charge in [-0.2, -0.15) is 0 Å². The molecule has 2 aromatic rings. The molecule has 6 nitrogen and oxygen atoms in total. The summed E-state index contributed by atoms with van der Waals surface area (Å²) < 4.78 is 23.2. The van der Waals surface area contributed by atoms with Gasteiger partial charge < -0.3 is 10.6 Å². The number of nitrogens with zero attached hydrogens (tertiary/aromatic N) is 1. The number of carbonyl (C=O) groups is 1. The molecule has 2 aliphatic rings. The van der Waals surface area contributed by atoms with Crippen molar-refractivity contribution < 1.29 is 13.2 Å². The highest BCUT2D eigenvalue weighted by Crippen LogP contribution is 2.34. The van der Waals surface area contributed by atoms with E-state index >= 15 is 0 Å². The molecular formula is C19H19N3O3S2. The quantitative estimate of drug-likeness (QED) is 0.822. The third kappa shape index (κ3) is 4.51. The molecule has 2 unspecified atom stereocenters. The molecule has 1 fully saturated rings. The van der Waals surface area contributed by atoms with E-state index in [4.69, 9.17) is 0 Å². The summed E-state index contributed by atoms with van der Waals surface area (Å²) in [6.07, 6.45) is 0.298. The first-order valence-corrected chi connectivity index (χ1v) is 11.3. The number of aliphatic imine (C=N–C) groups is 1. The van der Waals surface area contributed by atoms with E-state index in [0.717, 1.165) is 22.1 Å². The number of rotatable bonds is 4. The van der Waals surface area contributed by atoms with Gasteiger partial charge in [0.1, 0.15) is 0 Å². The Hall–Kier alpha value is -2.32. The Morgan fingerprint density at radius 2 is 1.78 bits per heavy atom. The summed E-state index contributed by atoms with van der Waals surface area (Å²) in [5.41, 5.74) is 2.57. The van der Waals surface area contributed by atoms with Gasteiger partial charge in [0.05, 0.1) is 24.0 Å². The van der Waals surface area contributed by atoms with Gasteiger partial charge in [0, 0.05) is 16.6 Å². The third-order valence-electron chi connectivity index (χ3n) is 4.45. The highest BCUT2D eigenvalue weighted by Gasteiger charge is 2.42. The monoisotopic (exact) mass is 401 g/mol. The number of amides is 1. The van der Waals surface area contributed by atoms with Gasteiger partial charge in [-0.05, 0) is 29.8 Å². The summed E-state index contributed by atoms with van der Waals surface area (Å²) in [7, 11) is -2.94. The molecule has 2 N–H and O–H groups in total. The number of amidine groups is 1. The fourth-order valence-corrected chi connectivity index (χ4v) is 6.83. The molecule has 8 heteroatoms. The Kier molecular flexibility index (Phi) is 4.92. The minimum absolute atomic E-state index is 0.0263. The van der Waals surface area contributed by atoms with E-state index in [2.05, 4.69) is 15.6 Å². The van der Waals surface area contributed by atoms with Crippen molar-refractivity contribution in [1.29, 1.82) is 0 Å². The molecular weight excluding hydrogens is 382 g/mol. The number of para-hydroxylation sites is 1. The molecule has 0 bridgehead atoms. The first kappa shape index (κ1) is 18.1. The normalized spacial score (nSPS) is 22.7. The van der Waals surface area contributed by atoms with Gasteiger partial charge in [-0.1, -0.05) is 42.1 Å². The van der Waals surface area contributed by atoms with Crippen LogP contribution in [0, 0.1) is 0 Å². The molecule has 140 valence electrons. The van der Waals surface area contributed by atoms with Crippen molar-refractivity contribution in [3.05, 3.63) is 60.2 Å². The predicted molar refractivity (Wildman–Crippen MR) is 110 cm³/mol. The lowest BCUT2D eigenvalue weighted by molar-refractivity contribution is -0.115. The van der Waals surface area contributed by atoms with Crippen molar-refractivity contribution in [2.24, 2.45) is 4.99 Å². The number of hydrogen-bond donors (Lipinski definition) is 2. The van der Waals surface area contributed by atoms with Crippen LogP contribution in [0.25, 0.3) is 0 Å². The molecule has 0 saturated carbocycles. The number of nitrogens with one attached hydrogen (secondary N) is 2. The average Bonchev–Trinajstić information content (AvgIpc) is 3.10. The zero-order valence-corrected chi connectivity index (χ0v) is 16.1. The highest BCUT2D eigenvalue weighted by atomic mass is 32.2. The van der Waals surface area contributed by atoms with Gasteiger partial charge in [0.2, 0.25) is 5.91 Å². The number of benzene rings is 2. The molecule has 0 aromatic heterocycles. The molecule has 2 atom stereocenters. The largest absolute Gasteiger partial charge is 0.335 e. The van der Waals surface area contributed by atoms with Gasteiger partial charge in [0.25, 0.3) is 0 Å². The zero-order valence-electron chi connectivity index (χ0n) is 14.5. The van der Waals surface area contributed by atoms with Gasteiger partial charge in [0.15, 0.2) is 15.0 Å². The molecule has 1 saturated heterocycles. The van der Waals surface area contributed by atoms with Crippen LogP contribution in [-0.4, -0.2) is 42.3 Å². The topological polar surface area (TPSA) is 87.6 Å². The molecule has 2 heterocycles. The minimum atomic E-state index is -2.94.